The Morgan fingerprint density at radius 3 is 2.78 bits per heavy atom. The van der Waals surface area contributed by atoms with Crippen molar-refractivity contribution in [3.8, 4) is 5.75 Å². The molecule has 0 heterocycles. The molecule has 1 aromatic carbocycles. The van der Waals surface area contributed by atoms with Gasteiger partial charge in [0.05, 0.1) is 0 Å². The number of ether oxygens (including phenoxy) is 1. The van der Waals surface area contributed by atoms with E-state index >= 15 is 0 Å². The van der Waals surface area contributed by atoms with E-state index in [9.17, 15) is 8.78 Å². The molecule has 0 saturated heterocycles. The maximum absolute atomic E-state index is 13.4. The lowest BCUT2D eigenvalue weighted by Gasteiger charge is -2.18. The van der Waals surface area contributed by atoms with Crippen LogP contribution in [-0.4, -0.2) is 18.7 Å². The van der Waals surface area contributed by atoms with Gasteiger partial charge >= 0.3 is 0 Å². The van der Waals surface area contributed by atoms with Crippen LogP contribution in [0, 0.1) is 11.6 Å². The minimum atomic E-state index is -0.524. The third-order valence-corrected chi connectivity index (χ3v) is 3.27. The van der Waals surface area contributed by atoms with Gasteiger partial charge in [0.1, 0.15) is 11.9 Å². The van der Waals surface area contributed by atoms with E-state index < -0.39 is 11.6 Å². The van der Waals surface area contributed by atoms with Crippen molar-refractivity contribution in [3.63, 3.8) is 0 Å². The first-order valence-corrected chi connectivity index (χ1v) is 6.50. The molecular weight excluding hydrogens is 236 g/mol. The lowest BCUT2D eigenvalue weighted by Crippen LogP contribution is -2.35. The Morgan fingerprint density at radius 1 is 1.33 bits per heavy atom. The molecule has 1 saturated carbocycles. The number of hydrogen-bond acceptors (Lipinski definition) is 2. The Bertz CT molecular complexity index is 391. The van der Waals surface area contributed by atoms with E-state index in [1.54, 1.807) is 0 Å². The van der Waals surface area contributed by atoms with Gasteiger partial charge in [0.2, 0.25) is 0 Å². The van der Waals surface area contributed by atoms with Crippen LogP contribution in [0.25, 0.3) is 0 Å². The van der Waals surface area contributed by atoms with Gasteiger partial charge in [-0.3, -0.25) is 0 Å². The van der Waals surface area contributed by atoms with Crippen molar-refractivity contribution in [3.05, 3.63) is 29.8 Å². The zero-order chi connectivity index (χ0) is 13.0. The largest absolute Gasteiger partial charge is 0.486 e. The second-order valence-electron chi connectivity index (χ2n) is 4.89. The highest BCUT2D eigenvalue weighted by molar-refractivity contribution is 5.25. The average Bonchev–Trinajstić information content (AvgIpc) is 2.84. The predicted octanol–water partition coefficient (Wildman–Crippen LogP) is 3.26. The van der Waals surface area contributed by atoms with Crippen LogP contribution < -0.4 is 10.1 Å². The van der Waals surface area contributed by atoms with Crippen LogP contribution in [0.5, 0.6) is 5.75 Å². The molecule has 4 heteroatoms. The quantitative estimate of drug-likeness (QED) is 0.872. The molecule has 1 aromatic rings. The van der Waals surface area contributed by atoms with E-state index in [1.165, 1.54) is 25.7 Å². The van der Waals surface area contributed by atoms with Gasteiger partial charge < -0.3 is 10.1 Å². The summed E-state index contributed by atoms with van der Waals surface area (Å²) in [6.07, 6.45) is 4.75. The minimum Gasteiger partial charge on any atom is -0.486 e. The summed E-state index contributed by atoms with van der Waals surface area (Å²) >= 11 is 0. The average molecular weight is 255 g/mol. The van der Waals surface area contributed by atoms with Gasteiger partial charge in [0.15, 0.2) is 11.6 Å². The molecule has 0 amide bonds. The number of hydrogen-bond donors (Lipinski definition) is 1. The fourth-order valence-electron chi connectivity index (χ4n) is 2.29. The van der Waals surface area contributed by atoms with E-state index in [0.29, 0.717) is 12.6 Å². The Kier molecular flexibility index (Phi) is 4.53. The number of benzene rings is 1. The monoisotopic (exact) mass is 255 g/mol. The maximum Gasteiger partial charge on any atom is 0.165 e. The molecule has 1 N–H and O–H groups in total. The number of rotatable bonds is 5. The number of nitrogens with one attached hydrogen (secondary N) is 1. The fraction of sp³-hybridized carbons (Fsp3) is 0.571. The van der Waals surface area contributed by atoms with Gasteiger partial charge in [0.25, 0.3) is 0 Å². The molecule has 1 atom stereocenters. The van der Waals surface area contributed by atoms with Crippen molar-refractivity contribution in [1.29, 1.82) is 0 Å². The van der Waals surface area contributed by atoms with Crippen LogP contribution in [0.4, 0.5) is 8.78 Å². The van der Waals surface area contributed by atoms with Gasteiger partial charge in [-0.25, -0.2) is 8.78 Å². The SMILES string of the molecule is CC(CNC1CCCC1)Oc1cc(F)ccc1F. The molecule has 1 aliphatic rings. The van der Waals surface area contributed by atoms with Crippen LogP contribution >= 0.6 is 0 Å². The first-order valence-electron chi connectivity index (χ1n) is 6.50. The van der Waals surface area contributed by atoms with Crippen LogP contribution in [0.2, 0.25) is 0 Å². The summed E-state index contributed by atoms with van der Waals surface area (Å²) in [6.45, 7) is 2.51. The second-order valence-corrected chi connectivity index (χ2v) is 4.89. The first kappa shape index (κ1) is 13.3. The minimum absolute atomic E-state index is 0.0179. The number of halogens is 2. The summed E-state index contributed by atoms with van der Waals surface area (Å²) in [7, 11) is 0. The van der Waals surface area contributed by atoms with Crippen LogP contribution in [0.15, 0.2) is 18.2 Å². The smallest absolute Gasteiger partial charge is 0.165 e. The highest BCUT2D eigenvalue weighted by Crippen LogP contribution is 2.20. The summed E-state index contributed by atoms with van der Waals surface area (Å²) in [4.78, 5) is 0. The van der Waals surface area contributed by atoms with E-state index in [0.717, 1.165) is 18.2 Å². The summed E-state index contributed by atoms with van der Waals surface area (Å²) in [5, 5.41) is 3.39. The standard InChI is InChI=1S/C14H19F2NO/c1-10(9-17-12-4-2-3-5-12)18-14-8-11(15)6-7-13(14)16/h6-8,10,12,17H,2-5,9H2,1H3. The summed E-state index contributed by atoms with van der Waals surface area (Å²) in [6, 6.07) is 3.81. The van der Waals surface area contributed by atoms with Crippen molar-refractivity contribution >= 4 is 0 Å². The lowest BCUT2D eigenvalue weighted by atomic mass is 10.2. The maximum atomic E-state index is 13.4. The first-order chi connectivity index (χ1) is 8.65. The molecule has 1 fully saturated rings. The Balaban J connectivity index is 1.82. The highest BCUT2D eigenvalue weighted by Gasteiger charge is 2.16. The molecule has 18 heavy (non-hydrogen) atoms. The predicted molar refractivity (Wildman–Crippen MR) is 66.7 cm³/mol. The van der Waals surface area contributed by atoms with E-state index in [-0.39, 0.29) is 11.9 Å². The van der Waals surface area contributed by atoms with Crippen LogP contribution in [0.1, 0.15) is 32.6 Å². The zero-order valence-electron chi connectivity index (χ0n) is 10.6. The molecule has 2 rings (SSSR count). The topological polar surface area (TPSA) is 21.3 Å². The van der Waals surface area contributed by atoms with Crippen molar-refractivity contribution in [2.45, 2.75) is 44.8 Å². The van der Waals surface area contributed by atoms with E-state index in [1.807, 2.05) is 6.92 Å². The molecular formula is C14H19F2NO. The van der Waals surface area contributed by atoms with Gasteiger partial charge in [-0.2, -0.15) is 0 Å². The van der Waals surface area contributed by atoms with Crippen molar-refractivity contribution < 1.29 is 13.5 Å². The summed E-state index contributed by atoms with van der Waals surface area (Å²) in [5.41, 5.74) is 0. The van der Waals surface area contributed by atoms with Crippen molar-refractivity contribution in [2.75, 3.05) is 6.54 Å². The Morgan fingerprint density at radius 2 is 2.06 bits per heavy atom. The lowest BCUT2D eigenvalue weighted by molar-refractivity contribution is 0.202. The van der Waals surface area contributed by atoms with Crippen molar-refractivity contribution in [2.24, 2.45) is 0 Å². The zero-order valence-corrected chi connectivity index (χ0v) is 10.6. The molecule has 1 aliphatic carbocycles. The molecule has 0 aromatic heterocycles. The molecule has 2 nitrogen and oxygen atoms in total. The van der Waals surface area contributed by atoms with Gasteiger partial charge in [-0.15, -0.1) is 0 Å². The molecule has 0 spiro atoms. The normalized spacial score (nSPS) is 17.9. The fourth-order valence-corrected chi connectivity index (χ4v) is 2.29. The molecule has 1 unspecified atom stereocenters. The second kappa shape index (κ2) is 6.14. The van der Waals surface area contributed by atoms with Gasteiger partial charge in [-0.1, -0.05) is 12.8 Å². The van der Waals surface area contributed by atoms with E-state index in [2.05, 4.69) is 5.32 Å². The Hall–Kier alpha value is -1.16. The van der Waals surface area contributed by atoms with Gasteiger partial charge in [0, 0.05) is 18.7 Å². The summed E-state index contributed by atoms with van der Waals surface area (Å²) < 4.78 is 31.7. The Labute approximate surface area is 106 Å². The molecule has 0 aliphatic heterocycles. The summed E-state index contributed by atoms with van der Waals surface area (Å²) in [5.74, 6) is -1.03. The molecule has 0 radical (unpaired) electrons. The molecule has 100 valence electrons. The third-order valence-electron chi connectivity index (χ3n) is 3.27. The van der Waals surface area contributed by atoms with Crippen LogP contribution in [-0.2, 0) is 0 Å². The van der Waals surface area contributed by atoms with E-state index in [4.69, 9.17) is 4.74 Å². The molecule has 0 bridgehead atoms. The van der Waals surface area contributed by atoms with Gasteiger partial charge in [-0.05, 0) is 31.9 Å². The third kappa shape index (κ3) is 3.67. The highest BCUT2D eigenvalue weighted by atomic mass is 19.1. The van der Waals surface area contributed by atoms with Crippen molar-refractivity contribution in [1.82, 2.24) is 5.32 Å². The van der Waals surface area contributed by atoms with Crippen LogP contribution in [0.3, 0.4) is 0 Å².